The molecule has 0 aliphatic rings. The predicted octanol–water partition coefficient (Wildman–Crippen LogP) is 9.40. The van der Waals surface area contributed by atoms with Crippen molar-refractivity contribution in [2.24, 2.45) is 0 Å². The minimum Gasteiger partial charge on any atom is -0.309 e. The van der Waals surface area contributed by atoms with E-state index >= 15 is 0 Å². The number of hydrogen-bond donors (Lipinski definition) is 0. The average molecular weight is 444 g/mol. The van der Waals surface area contributed by atoms with E-state index in [2.05, 4.69) is 132 Å². The first-order chi connectivity index (χ1) is 17.4. The van der Waals surface area contributed by atoms with Crippen LogP contribution in [0.2, 0.25) is 0 Å². The van der Waals surface area contributed by atoms with Crippen LogP contribution in [0.1, 0.15) is 0 Å². The Morgan fingerprint density at radius 3 is 1.74 bits per heavy atom. The van der Waals surface area contributed by atoms with Gasteiger partial charge in [0.1, 0.15) is 0 Å². The molecule has 8 aromatic rings. The molecule has 7 aromatic carbocycles. The Hall–Kier alpha value is -4.62. The Balaban J connectivity index is 1.71. The second-order valence-electron chi connectivity index (χ2n) is 9.36. The third-order valence-corrected chi connectivity index (χ3v) is 7.52. The van der Waals surface area contributed by atoms with E-state index in [1.807, 2.05) is 0 Å². The van der Waals surface area contributed by atoms with Crippen LogP contribution in [0.3, 0.4) is 0 Å². The van der Waals surface area contributed by atoms with Crippen molar-refractivity contribution in [1.82, 2.24) is 4.57 Å². The number of nitrogens with zero attached hydrogens (tertiary/aromatic N) is 1. The molecule has 1 nitrogen and oxygen atoms in total. The first-order valence-corrected chi connectivity index (χ1v) is 12.1. The highest BCUT2D eigenvalue weighted by Crippen LogP contribution is 2.44. The summed E-state index contributed by atoms with van der Waals surface area (Å²) < 4.78 is 2.48. The molecule has 1 heteroatoms. The normalized spacial score (nSPS) is 12.0. The molecule has 0 saturated heterocycles. The Labute approximate surface area is 202 Å². The zero-order valence-corrected chi connectivity index (χ0v) is 19.1. The number of aromatic nitrogens is 1. The van der Waals surface area contributed by atoms with Gasteiger partial charge in [-0.15, -0.1) is 0 Å². The summed E-state index contributed by atoms with van der Waals surface area (Å²) in [6.45, 7) is 0. The van der Waals surface area contributed by atoms with Crippen LogP contribution >= 0.6 is 0 Å². The van der Waals surface area contributed by atoms with E-state index in [1.54, 1.807) is 0 Å². The van der Waals surface area contributed by atoms with Crippen molar-refractivity contribution in [3.8, 4) is 5.69 Å². The van der Waals surface area contributed by atoms with Crippen molar-refractivity contribution >= 4 is 64.9 Å². The minimum absolute atomic E-state index is 1.19. The van der Waals surface area contributed by atoms with Crippen molar-refractivity contribution in [3.05, 3.63) is 127 Å². The van der Waals surface area contributed by atoms with Gasteiger partial charge in [0.15, 0.2) is 0 Å². The van der Waals surface area contributed by atoms with Gasteiger partial charge >= 0.3 is 0 Å². The maximum Gasteiger partial charge on any atom is 0.0626 e. The Kier molecular flexibility index (Phi) is 3.72. The average Bonchev–Trinajstić information content (AvgIpc) is 3.29. The van der Waals surface area contributed by atoms with E-state index < -0.39 is 0 Å². The zero-order valence-electron chi connectivity index (χ0n) is 19.1. The van der Waals surface area contributed by atoms with Gasteiger partial charge in [0.05, 0.1) is 11.0 Å². The van der Waals surface area contributed by atoms with Gasteiger partial charge in [0, 0.05) is 21.8 Å². The van der Waals surface area contributed by atoms with E-state index in [4.69, 9.17) is 0 Å². The van der Waals surface area contributed by atoms with Gasteiger partial charge in [0.25, 0.3) is 0 Å². The van der Waals surface area contributed by atoms with Gasteiger partial charge in [-0.05, 0) is 55.9 Å². The smallest absolute Gasteiger partial charge is 0.0626 e. The highest BCUT2D eigenvalue weighted by Gasteiger charge is 2.20. The van der Waals surface area contributed by atoms with Crippen LogP contribution in [-0.2, 0) is 0 Å². The SMILES string of the molecule is c1ccc2cc(-n3c4ccc5ccccc5c4c4c5ccccc5c5ccccc5c43)ccc2c1. The molecule has 0 N–H and O–H groups in total. The summed E-state index contributed by atoms with van der Waals surface area (Å²) in [7, 11) is 0. The number of hydrogen-bond acceptors (Lipinski definition) is 0. The van der Waals surface area contributed by atoms with Gasteiger partial charge in [0.2, 0.25) is 0 Å². The molecule has 8 rings (SSSR count). The summed E-state index contributed by atoms with van der Waals surface area (Å²) in [6, 6.07) is 46.5. The molecular formula is C34H21N. The Morgan fingerprint density at radius 1 is 0.371 bits per heavy atom. The summed E-state index contributed by atoms with van der Waals surface area (Å²) in [4.78, 5) is 0. The van der Waals surface area contributed by atoms with E-state index in [1.165, 1.54) is 70.6 Å². The van der Waals surface area contributed by atoms with Crippen LogP contribution in [0.5, 0.6) is 0 Å². The molecule has 0 atom stereocenters. The van der Waals surface area contributed by atoms with E-state index in [-0.39, 0.29) is 0 Å². The molecule has 0 amide bonds. The van der Waals surface area contributed by atoms with E-state index in [0.717, 1.165) is 0 Å². The molecule has 0 fully saturated rings. The molecule has 0 radical (unpaired) electrons. The van der Waals surface area contributed by atoms with Crippen LogP contribution in [0.15, 0.2) is 127 Å². The van der Waals surface area contributed by atoms with E-state index in [9.17, 15) is 0 Å². The highest BCUT2D eigenvalue weighted by molar-refractivity contribution is 6.35. The standard InChI is InChI=1S/C34H21N/c1-2-11-24-21-25(19-17-22(24)9-1)35-31-20-18-23-10-3-4-12-26(23)32(31)33-29-15-7-5-13-27(29)28-14-6-8-16-30(28)34(33)35/h1-21H. The number of benzene rings is 7. The number of fused-ring (bicyclic) bond motifs is 11. The van der Waals surface area contributed by atoms with Crippen molar-refractivity contribution in [2.45, 2.75) is 0 Å². The van der Waals surface area contributed by atoms with Crippen molar-refractivity contribution in [3.63, 3.8) is 0 Å². The van der Waals surface area contributed by atoms with Gasteiger partial charge in [-0.3, -0.25) is 0 Å². The fraction of sp³-hybridized carbons (Fsp3) is 0. The molecule has 0 spiro atoms. The topological polar surface area (TPSA) is 4.93 Å². The summed E-state index contributed by atoms with van der Waals surface area (Å²) in [5, 5.41) is 12.9. The van der Waals surface area contributed by atoms with Gasteiger partial charge in [-0.2, -0.15) is 0 Å². The monoisotopic (exact) mass is 443 g/mol. The van der Waals surface area contributed by atoms with Crippen LogP contribution in [-0.4, -0.2) is 4.57 Å². The molecule has 0 saturated carbocycles. The lowest BCUT2D eigenvalue weighted by Crippen LogP contribution is -1.95. The molecule has 0 aliphatic heterocycles. The first-order valence-electron chi connectivity index (χ1n) is 12.1. The summed E-state index contributed by atoms with van der Waals surface area (Å²) >= 11 is 0. The predicted molar refractivity (Wildman–Crippen MR) is 151 cm³/mol. The van der Waals surface area contributed by atoms with E-state index in [0.29, 0.717) is 0 Å². The first kappa shape index (κ1) is 18.8. The van der Waals surface area contributed by atoms with Crippen molar-refractivity contribution in [2.75, 3.05) is 0 Å². The molecule has 1 aromatic heterocycles. The number of rotatable bonds is 1. The fourth-order valence-electron chi connectivity index (χ4n) is 6.02. The highest BCUT2D eigenvalue weighted by atomic mass is 15.0. The molecule has 162 valence electrons. The quantitative estimate of drug-likeness (QED) is 0.223. The second kappa shape index (κ2) is 6.94. The minimum atomic E-state index is 1.19. The lowest BCUT2D eigenvalue weighted by Gasteiger charge is -2.13. The second-order valence-corrected chi connectivity index (χ2v) is 9.36. The largest absolute Gasteiger partial charge is 0.309 e. The van der Waals surface area contributed by atoms with Gasteiger partial charge in [-0.25, -0.2) is 0 Å². The maximum atomic E-state index is 2.48. The molecule has 0 aliphatic carbocycles. The summed E-state index contributed by atoms with van der Waals surface area (Å²) in [6.07, 6.45) is 0. The Bertz CT molecular complexity index is 2110. The molecule has 35 heavy (non-hydrogen) atoms. The van der Waals surface area contributed by atoms with Gasteiger partial charge in [-0.1, -0.05) is 109 Å². The molecule has 0 bridgehead atoms. The zero-order chi connectivity index (χ0) is 22.9. The fourth-order valence-corrected chi connectivity index (χ4v) is 6.02. The van der Waals surface area contributed by atoms with Crippen molar-refractivity contribution in [1.29, 1.82) is 0 Å². The summed E-state index contributed by atoms with van der Waals surface area (Å²) in [5.74, 6) is 0. The maximum absolute atomic E-state index is 2.48. The molecule has 0 unspecified atom stereocenters. The third-order valence-electron chi connectivity index (χ3n) is 7.52. The molecular weight excluding hydrogens is 422 g/mol. The lowest BCUT2D eigenvalue weighted by molar-refractivity contribution is 1.19. The Morgan fingerprint density at radius 2 is 0.943 bits per heavy atom. The van der Waals surface area contributed by atoms with Gasteiger partial charge < -0.3 is 4.57 Å². The summed E-state index contributed by atoms with van der Waals surface area (Å²) in [5.41, 5.74) is 3.72. The lowest BCUT2D eigenvalue weighted by atomic mass is 9.95. The third kappa shape index (κ3) is 2.53. The van der Waals surface area contributed by atoms with Crippen LogP contribution in [0, 0.1) is 0 Å². The van der Waals surface area contributed by atoms with Crippen LogP contribution in [0.25, 0.3) is 70.6 Å². The molecule has 1 heterocycles. The van der Waals surface area contributed by atoms with Crippen LogP contribution in [0.4, 0.5) is 0 Å². The van der Waals surface area contributed by atoms with Crippen molar-refractivity contribution < 1.29 is 0 Å². The van der Waals surface area contributed by atoms with Crippen LogP contribution < -0.4 is 0 Å².